The van der Waals surface area contributed by atoms with Gasteiger partial charge in [-0.3, -0.25) is 0 Å². The highest BCUT2D eigenvalue weighted by Gasteiger charge is 2.08. The summed E-state index contributed by atoms with van der Waals surface area (Å²) < 4.78 is 1.22. The van der Waals surface area contributed by atoms with Crippen molar-refractivity contribution in [2.45, 2.75) is 6.92 Å². The van der Waals surface area contributed by atoms with Gasteiger partial charge in [0.2, 0.25) is 0 Å². The van der Waals surface area contributed by atoms with Crippen LogP contribution >= 0.6 is 11.3 Å². The summed E-state index contributed by atoms with van der Waals surface area (Å²) in [6, 6.07) is 25.4. The van der Waals surface area contributed by atoms with Crippen LogP contribution in [0.15, 0.2) is 89.1 Å². The first-order chi connectivity index (χ1) is 14.2. The molecule has 0 amide bonds. The van der Waals surface area contributed by atoms with E-state index >= 15 is 0 Å². The van der Waals surface area contributed by atoms with Crippen molar-refractivity contribution in [3.8, 4) is 16.3 Å². The maximum absolute atomic E-state index is 10.5. The molecule has 0 unspecified atom stereocenters. The average Bonchev–Trinajstić information content (AvgIpc) is 3.20. The van der Waals surface area contributed by atoms with Crippen molar-refractivity contribution in [2.24, 2.45) is 10.2 Å². The molecule has 0 spiro atoms. The summed E-state index contributed by atoms with van der Waals surface area (Å²) in [5.41, 5.74) is 4.50. The van der Waals surface area contributed by atoms with Crippen LogP contribution in [0, 0.1) is 6.92 Å². The minimum absolute atomic E-state index is 0.147. The van der Waals surface area contributed by atoms with Crippen molar-refractivity contribution < 1.29 is 5.11 Å². The average molecular weight is 395 g/mol. The first-order valence-corrected chi connectivity index (χ1v) is 10.1. The van der Waals surface area contributed by atoms with Crippen LogP contribution in [0.1, 0.15) is 5.56 Å². The summed E-state index contributed by atoms with van der Waals surface area (Å²) in [5, 5.41) is 21.7. The number of aromatic hydroxyl groups is 1. The quantitative estimate of drug-likeness (QED) is 0.321. The third-order valence-electron chi connectivity index (χ3n) is 4.88. The molecule has 5 heteroatoms. The topological polar surface area (TPSA) is 57.8 Å². The largest absolute Gasteiger partial charge is 0.505 e. The van der Waals surface area contributed by atoms with E-state index in [-0.39, 0.29) is 5.75 Å². The third kappa shape index (κ3) is 3.26. The molecule has 1 N–H and O–H groups in total. The summed E-state index contributed by atoms with van der Waals surface area (Å²) in [6.07, 6.45) is 0. The molecule has 4 nitrogen and oxygen atoms in total. The predicted octanol–water partition coefficient (Wildman–Crippen LogP) is 7.55. The van der Waals surface area contributed by atoms with E-state index in [0.717, 1.165) is 32.5 Å². The van der Waals surface area contributed by atoms with E-state index < -0.39 is 0 Å². The molecule has 0 saturated carbocycles. The number of azo groups is 1. The minimum Gasteiger partial charge on any atom is -0.505 e. The van der Waals surface area contributed by atoms with Crippen LogP contribution in [0.4, 0.5) is 11.4 Å². The van der Waals surface area contributed by atoms with E-state index in [9.17, 15) is 5.11 Å². The Morgan fingerprint density at radius 1 is 0.828 bits per heavy atom. The summed E-state index contributed by atoms with van der Waals surface area (Å²) in [4.78, 5) is 4.74. The maximum Gasteiger partial charge on any atom is 0.150 e. The third-order valence-corrected chi connectivity index (χ3v) is 6.13. The van der Waals surface area contributed by atoms with Gasteiger partial charge >= 0.3 is 0 Å². The highest BCUT2D eigenvalue weighted by atomic mass is 32.1. The van der Waals surface area contributed by atoms with Crippen LogP contribution in [0.2, 0.25) is 0 Å². The minimum atomic E-state index is 0.147. The molecule has 1 aromatic heterocycles. The van der Waals surface area contributed by atoms with Gasteiger partial charge in [0, 0.05) is 10.9 Å². The molecule has 0 aliphatic carbocycles. The summed E-state index contributed by atoms with van der Waals surface area (Å²) in [6.45, 7) is 2.11. The molecule has 29 heavy (non-hydrogen) atoms. The van der Waals surface area contributed by atoms with Crippen LogP contribution < -0.4 is 0 Å². The lowest BCUT2D eigenvalue weighted by Gasteiger charge is -2.03. The lowest BCUT2D eigenvalue weighted by atomic mass is 10.1. The van der Waals surface area contributed by atoms with E-state index in [1.54, 1.807) is 17.4 Å². The van der Waals surface area contributed by atoms with E-state index in [2.05, 4.69) is 23.2 Å². The Bertz CT molecular complexity index is 1370. The summed E-state index contributed by atoms with van der Waals surface area (Å²) in [5.74, 6) is 0.147. The van der Waals surface area contributed by atoms with Crippen molar-refractivity contribution in [1.29, 1.82) is 0 Å². The van der Waals surface area contributed by atoms with Gasteiger partial charge in [0.1, 0.15) is 10.7 Å². The van der Waals surface area contributed by atoms with Gasteiger partial charge in [-0.1, -0.05) is 42.5 Å². The molecule has 0 atom stereocenters. The normalized spacial score (nSPS) is 11.6. The van der Waals surface area contributed by atoms with Crippen LogP contribution in [0.5, 0.6) is 5.75 Å². The smallest absolute Gasteiger partial charge is 0.150 e. The number of aromatic nitrogens is 1. The zero-order valence-electron chi connectivity index (χ0n) is 15.7. The number of rotatable bonds is 3. The molecule has 140 valence electrons. The SMILES string of the molecule is Cc1cccc2nc(-c3ccc(N=Nc4ccc5ccccc5c4O)cc3)sc12. The van der Waals surface area contributed by atoms with E-state index in [0.29, 0.717) is 5.69 Å². The zero-order valence-corrected chi connectivity index (χ0v) is 16.5. The monoisotopic (exact) mass is 395 g/mol. The van der Waals surface area contributed by atoms with Crippen LogP contribution in [-0.2, 0) is 0 Å². The zero-order chi connectivity index (χ0) is 19.8. The number of phenols is 1. The molecule has 5 aromatic rings. The van der Waals surface area contributed by atoms with Gasteiger partial charge in [-0.25, -0.2) is 4.98 Å². The van der Waals surface area contributed by atoms with Crippen LogP contribution in [-0.4, -0.2) is 10.1 Å². The van der Waals surface area contributed by atoms with Crippen molar-refractivity contribution in [1.82, 2.24) is 4.98 Å². The molecule has 0 fully saturated rings. The van der Waals surface area contributed by atoms with Crippen molar-refractivity contribution >= 4 is 43.7 Å². The highest BCUT2D eigenvalue weighted by molar-refractivity contribution is 7.21. The number of fused-ring (bicyclic) bond motifs is 2. The fourth-order valence-corrected chi connectivity index (χ4v) is 4.36. The Hall–Kier alpha value is -3.57. The Morgan fingerprint density at radius 3 is 2.48 bits per heavy atom. The molecule has 4 aromatic carbocycles. The standard InChI is InChI=1S/C24H17N3OS/c1-15-5-4-8-21-23(15)29-24(25-21)17-9-12-18(13-10-17)26-27-20-14-11-16-6-2-3-7-19(16)22(20)28/h2-14,28H,1H3. The Labute approximate surface area is 171 Å². The fourth-order valence-electron chi connectivity index (χ4n) is 3.32. The van der Waals surface area contributed by atoms with Gasteiger partial charge in [-0.15, -0.1) is 16.5 Å². The molecule has 0 bridgehead atoms. The second-order valence-corrected chi connectivity index (χ2v) is 7.84. The fraction of sp³-hybridized carbons (Fsp3) is 0.0417. The second kappa shape index (κ2) is 7.11. The number of hydrogen-bond donors (Lipinski definition) is 1. The van der Waals surface area contributed by atoms with E-state index in [1.165, 1.54) is 10.3 Å². The van der Waals surface area contributed by atoms with Crippen LogP contribution in [0.25, 0.3) is 31.6 Å². The predicted molar refractivity (Wildman–Crippen MR) is 120 cm³/mol. The molecule has 0 aliphatic heterocycles. The molecule has 0 saturated heterocycles. The Morgan fingerprint density at radius 2 is 1.66 bits per heavy atom. The number of benzene rings is 4. The van der Waals surface area contributed by atoms with Gasteiger partial charge in [0.25, 0.3) is 0 Å². The van der Waals surface area contributed by atoms with Crippen molar-refractivity contribution in [3.05, 3.63) is 84.4 Å². The van der Waals surface area contributed by atoms with Gasteiger partial charge in [0.05, 0.1) is 15.9 Å². The highest BCUT2D eigenvalue weighted by Crippen LogP contribution is 2.36. The van der Waals surface area contributed by atoms with Gasteiger partial charge in [0.15, 0.2) is 5.75 Å². The number of phenolic OH excluding ortho intramolecular Hbond substituents is 1. The van der Waals surface area contributed by atoms with Crippen molar-refractivity contribution in [3.63, 3.8) is 0 Å². The second-order valence-electron chi connectivity index (χ2n) is 6.84. The summed E-state index contributed by atoms with van der Waals surface area (Å²) in [7, 11) is 0. The Kier molecular flexibility index (Phi) is 4.30. The van der Waals surface area contributed by atoms with Crippen LogP contribution in [0.3, 0.4) is 0 Å². The van der Waals surface area contributed by atoms with Crippen molar-refractivity contribution in [2.75, 3.05) is 0 Å². The molecule has 0 radical (unpaired) electrons. The lowest BCUT2D eigenvalue weighted by molar-refractivity contribution is 0.482. The number of aryl methyl sites for hydroxylation is 1. The molecule has 5 rings (SSSR count). The molecular weight excluding hydrogens is 378 g/mol. The number of hydrogen-bond acceptors (Lipinski definition) is 5. The first-order valence-electron chi connectivity index (χ1n) is 9.28. The molecular formula is C24H17N3OS. The summed E-state index contributed by atoms with van der Waals surface area (Å²) >= 11 is 1.70. The van der Waals surface area contributed by atoms with Gasteiger partial charge in [-0.2, -0.15) is 5.11 Å². The number of thiazole rings is 1. The maximum atomic E-state index is 10.5. The van der Waals surface area contributed by atoms with Gasteiger partial charge < -0.3 is 5.11 Å². The van der Waals surface area contributed by atoms with Gasteiger partial charge in [-0.05, 0) is 54.3 Å². The molecule has 0 aliphatic rings. The van der Waals surface area contributed by atoms with E-state index in [1.807, 2.05) is 66.7 Å². The number of nitrogens with zero attached hydrogens (tertiary/aromatic N) is 3. The van der Waals surface area contributed by atoms with E-state index in [4.69, 9.17) is 4.98 Å². The Balaban J connectivity index is 1.43. The first kappa shape index (κ1) is 17.5. The lowest BCUT2D eigenvalue weighted by Crippen LogP contribution is -1.76. The molecule has 1 heterocycles.